The summed E-state index contributed by atoms with van der Waals surface area (Å²) in [6, 6.07) is 5.96. The maximum absolute atomic E-state index is 13.0. The van der Waals surface area contributed by atoms with Crippen LogP contribution < -0.4 is 5.32 Å². The third kappa shape index (κ3) is 3.81. The molecule has 1 heterocycles. The Labute approximate surface area is 122 Å². The van der Waals surface area contributed by atoms with Gasteiger partial charge in [-0.15, -0.1) is 0 Å². The maximum atomic E-state index is 13.0. The molecule has 1 aromatic heterocycles. The molecule has 0 radical (unpaired) electrons. The summed E-state index contributed by atoms with van der Waals surface area (Å²) in [7, 11) is 0. The lowest BCUT2D eigenvalue weighted by Crippen LogP contribution is -2.13. The second-order valence-corrected chi connectivity index (χ2v) is 5.13. The highest BCUT2D eigenvalue weighted by Gasteiger charge is 2.12. The van der Waals surface area contributed by atoms with Gasteiger partial charge in [-0.05, 0) is 40.2 Å². The van der Waals surface area contributed by atoms with Crippen LogP contribution in [0.15, 0.2) is 39.4 Å². The van der Waals surface area contributed by atoms with Crippen LogP contribution in [0.1, 0.15) is 12.2 Å². The summed E-state index contributed by atoms with van der Waals surface area (Å²) in [5, 5.41) is 2.79. The fraction of sp³-hybridized carbons (Fsp3) is 0.154. The molecule has 0 saturated heterocycles. The van der Waals surface area contributed by atoms with Crippen LogP contribution in [0.2, 0.25) is 5.02 Å². The van der Waals surface area contributed by atoms with E-state index >= 15 is 0 Å². The SMILES string of the molecule is O=C(CCc1ccco1)Nc1c(Cl)cc(F)cc1Br. The topological polar surface area (TPSA) is 42.2 Å². The number of furan rings is 1. The molecule has 1 N–H and O–H groups in total. The summed E-state index contributed by atoms with van der Waals surface area (Å²) in [6.07, 6.45) is 2.31. The predicted molar refractivity (Wildman–Crippen MR) is 74.8 cm³/mol. The van der Waals surface area contributed by atoms with E-state index in [1.165, 1.54) is 6.07 Å². The van der Waals surface area contributed by atoms with Crippen molar-refractivity contribution in [3.8, 4) is 0 Å². The molecule has 0 saturated carbocycles. The lowest BCUT2D eigenvalue weighted by molar-refractivity contribution is -0.116. The van der Waals surface area contributed by atoms with Gasteiger partial charge in [0.2, 0.25) is 5.91 Å². The molecular weight excluding hydrogens is 337 g/mol. The molecule has 0 unspecified atom stereocenters. The number of carbonyl (C=O) groups is 1. The minimum absolute atomic E-state index is 0.151. The summed E-state index contributed by atoms with van der Waals surface area (Å²) < 4.78 is 18.6. The molecule has 0 spiro atoms. The van der Waals surface area contributed by atoms with Crippen molar-refractivity contribution in [2.45, 2.75) is 12.8 Å². The number of aryl methyl sites for hydroxylation is 1. The highest BCUT2D eigenvalue weighted by atomic mass is 79.9. The van der Waals surface area contributed by atoms with Crippen LogP contribution >= 0.6 is 27.5 Å². The van der Waals surface area contributed by atoms with Crippen LogP contribution in [-0.2, 0) is 11.2 Å². The molecule has 0 bridgehead atoms. The van der Waals surface area contributed by atoms with Crippen molar-refractivity contribution in [3.05, 3.63) is 51.6 Å². The van der Waals surface area contributed by atoms with Gasteiger partial charge >= 0.3 is 0 Å². The van der Waals surface area contributed by atoms with Crippen LogP contribution in [0, 0.1) is 5.82 Å². The molecule has 0 aliphatic carbocycles. The minimum Gasteiger partial charge on any atom is -0.469 e. The van der Waals surface area contributed by atoms with Gasteiger partial charge in [-0.3, -0.25) is 4.79 Å². The zero-order chi connectivity index (χ0) is 13.8. The first-order valence-corrected chi connectivity index (χ1v) is 6.70. The number of anilines is 1. The molecule has 6 heteroatoms. The van der Waals surface area contributed by atoms with Crippen LogP contribution in [0.3, 0.4) is 0 Å². The van der Waals surface area contributed by atoms with Crippen molar-refractivity contribution in [3.63, 3.8) is 0 Å². The van der Waals surface area contributed by atoms with E-state index in [4.69, 9.17) is 16.0 Å². The third-order valence-electron chi connectivity index (χ3n) is 2.45. The maximum Gasteiger partial charge on any atom is 0.224 e. The molecule has 2 rings (SSSR count). The number of nitrogens with one attached hydrogen (secondary N) is 1. The van der Waals surface area contributed by atoms with E-state index in [0.717, 1.165) is 11.8 Å². The Morgan fingerprint density at radius 2 is 2.26 bits per heavy atom. The molecule has 100 valence electrons. The Morgan fingerprint density at radius 3 is 2.89 bits per heavy atom. The first kappa shape index (κ1) is 14.1. The van der Waals surface area contributed by atoms with Gasteiger partial charge in [0.15, 0.2) is 0 Å². The van der Waals surface area contributed by atoms with E-state index in [0.29, 0.717) is 16.6 Å². The third-order valence-corrected chi connectivity index (χ3v) is 3.37. The van der Waals surface area contributed by atoms with Crippen LogP contribution in [0.4, 0.5) is 10.1 Å². The summed E-state index contributed by atoms with van der Waals surface area (Å²) >= 11 is 9.03. The van der Waals surface area contributed by atoms with Gasteiger partial charge in [-0.1, -0.05) is 11.6 Å². The zero-order valence-corrected chi connectivity index (χ0v) is 12.1. The molecule has 2 aromatic rings. The Balaban J connectivity index is 1.99. The first-order chi connectivity index (χ1) is 9.06. The van der Waals surface area contributed by atoms with Crippen molar-refractivity contribution >= 4 is 39.1 Å². The van der Waals surface area contributed by atoms with E-state index in [2.05, 4.69) is 21.2 Å². The molecule has 19 heavy (non-hydrogen) atoms. The summed E-state index contributed by atoms with van der Waals surface area (Å²) in [5.41, 5.74) is 0.368. The van der Waals surface area contributed by atoms with Crippen molar-refractivity contribution in [2.75, 3.05) is 5.32 Å². The Morgan fingerprint density at radius 1 is 1.47 bits per heavy atom. The van der Waals surface area contributed by atoms with E-state index in [1.54, 1.807) is 18.4 Å². The van der Waals surface area contributed by atoms with Gasteiger partial charge in [-0.25, -0.2) is 4.39 Å². The van der Waals surface area contributed by atoms with Crippen LogP contribution in [0.25, 0.3) is 0 Å². The van der Waals surface area contributed by atoms with E-state index in [9.17, 15) is 9.18 Å². The molecule has 1 amide bonds. The van der Waals surface area contributed by atoms with Gasteiger partial charge in [0.05, 0.1) is 17.0 Å². The molecule has 3 nitrogen and oxygen atoms in total. The monoisotopic (exact) mass is 345 g/mol. The molecule has 0 atom stereocenters. The van der Waals surface area contributed by atoms with Gasteiger partial charge in [0.1, 0.15) is 11.6 Å². The highest BCUT2D eigenvalue weighted by Crippen LogP contribution is 2.31. The normalized spacial score (nSPS) is 10.5. The number of halogens is 3. The molecule has 0 aliphatic rings. The first-order valence-electron chi connectivity index (χ1n) is 5.53. The lowest BCUT2D eigenvalue weighted by atomic mass is 10.2. The summed E-state index contributed by atoms with van der Waals surface area (Å²) in [5.74, 6) is 0.0514. The Bertz CT molecular complexity index is 563. The Hall–Kier alpha value is -1.33. The second kappa shape index (κ2) is 6.21. The fourth-order valence-electron chi connectivity index (χ4n) is 1.56. The van der Waals surface area contributed by atoms with Crippen molar-refractivity contribution < 1.29 is 13.6 Å². The number of hydrogen-bond donors (Lipinski definition) is 1. The van der Waals surface area contributed by atoms with Gasteiger partial charge in [0, 0.05) is 17.3 Å². The van der Waals surface area contributed by atoms with Crippen LogP contribution in [0.5, 0.6) is 0 Å². The number of hydrogen-bond acceptors (Lipinski definition) is 2. The van der Waals surface area contributed by atoms with Gasteiger partial charge in [0.25, 0.3) is 0 Å². The number of rotatable bonds is 4. The number of benzene rings is 1. The second-order valence-electron chi connectivity index (χ2n) is 3.87. The van der Waals surface area contributed by atoms with Crippen molar-refractivity contribution in [1.29, 1.82) is 0 Å². The Kier molecular flexibility index (Phi) is 4.61. The molecule has 1 aromatic carbocycles. The van der Waals surface area contributed by atoms with Gasteiger partial charge in [-0.2, -0.15) is 0 Å². The summed E-state index contributed by atoms with van der Waals surface area (Å²) in [6.45, 7) is 0. The van der Waals surface area contributed by atoms with E-state index < -0.39 is 5.82 Å². The number of amides is 1. The highest BCUT2D eigenvalue weighted by molar-refractivity contribution is 9.10. The van der Waals surface area contributed by atoms with Crippen LogP contribution in [-0.4, -0.2) is 5.91 Å². The van der Waals surface area contributed by atoms with E-state index in [1.807, 2.05) is 0 Å². The lowest BCUT2D eigenvalue weighted by Gasteiger charge is -2.09. The predicted octanol–water partition coefficient (Wildman–Crippen LogP) is 4.41. The fourth-order valence-corrected chi connectivity index (χ4v) is 2.45. The van der Waals surface area contributed by atoms with E-state index in [-0.39, 0.29) is 17.4 Å². The van der Waals surface area contributed by atoms with Crippen molar-refractivity contribution in [1.82, 2.24) is 0 Å². The van der Waals surface area contributed by atoms with Crippen molar-refractivity contribution in [2.24, 2.45) is 0 Å². The minimum atomic E-state index is -0.467. The average molecular weight is 347 g/mol. The quantitative estimate of drug-likeness (QED) is 0.891. The van der Waals surface area contributed by atoms with Gasteiger partial charge < -0.3 is 9.73 Å². The zero-order valence-electron chi connectivity index (χ0n) is 9.75. The smallest absolute Gasteiger partial charge is 0.224 e. The summed E-state index contributed by atoms with van der Waals surface area (Å²) in [4.78, 5) is 11.8. The standard InChI is InChI=1S/C13H10BrClFNO2/c14-10-6-8(16)7-11(15)13(10)17-12(18)4-3-9-2-1-5-19-9/h1-2,5-7H,3-4H2,(H,17,18). The largest absolute Gasteiger partial charge is 0.469 e. The number of carbonyl (C=O) groups excluding carboxylic acids is 1. The molecule has 0 fully saturated rings. The average Bonchev–Trinajstić information content (AvgIpc) is 2.84. The molecular formula is C13H10BrClFNO2. The molecule has 0 aliphatic heterocycles.